The van der Waals surface area contributed by atoms with E-state index in [0.717, 1.165) is 62.0 Å². The van der Waals surface area contributed by atoms with E-state index >= 15 is 0 Å². The van der Waals surface area contributed by atoms with Crippen LogP contribution in [0.3, 0.4) is 0 Å². The number of anilines is 1. The molecule has 0 N–H and O–H groups in total. The number of ether oxygens (including phenoxy) is 2. The zero-order valence-electron chi connectivity index (χ0n) is 20.9. The molecule has 1 amide bonds. The van der Waals surface area contributed by atoms with Crippen LogP contribution in [-0.4, -0.2) is 74.5 Å². The van der Waals surface area contributed by atoms with E-state index < -0.39 is 0 Å². The lowest BCUT2D eigenvalue weighted by Gasteiger charge is -2.35. The smallest absolute Gasteiger partial charge is 0.256 e. The number of amides is 1. The van der Waals surface area contributed by atoms with E-state index in [9.17, 15) is 4.79 Å². The maximum Gasteiger partial charge on any atom is 0.256 e. The summed E-state index contributed by atoms with van der Waals surface area (Å²) >= 11 is 0. The van der Waals surface area contributed by atoms with Crippen LogP contribution in [0.25, 0.3) is 10.8 Å². The Bertz CT molecular complexity index is 1310. The number of benzene rings is 3. The van der Waals surface area contributed by atoms with Gasteiger partial charge in [0.05, 0.1) is 24.4 Å². The molecule has 36 heavy (non-hydrogen) atoms. The number of hydrogen-bond acceptors (Lipinski definition) is 6. The van der Waals surface area contributed by atoms with Crippen molar-refractivity contribution in [2.24, 2.45) is 4.99 Å². The Morgan fingerprint density at radius 1 is 0.944 bits per heavy atom. The number of carbonyl (C=O) groups excluding carboxylic acids is 1. The molecule has 2 saturated heterocycles. The minimum atomic E-state index is 0.0663. The van der Waals surface area contributed by atoms with Crippen LogP contribution in [0.2, 0.25) is 0 Å². The van der Waals surface area contributed by atoms with Gasteiger partial charge in [0.15, 0.2) is 11.5 Å². The van der Waals surface area contributed by atoms with Gasteiger partial charge in [-0.3, -0.25) is 14.7 Å². The number of fused-ring (bicyclic) bond motifs is 3. The first-order valence-electron chi connectivity index (χ1n) is 12.8. The van der Waals surface area contributed by atoms with Gasteiger partial charge in [-0.1, -0.05) is 17.7 Å². The molecular formula is C29H32N4O3. The van der Waals surface area contributed by atoms with Crippen LogP contribution in [0, 0.1) is 6.92 Å². The second-order valence-corrected chi connectivity index (χ2v) is 9.92. The van der Waals surface area contributed by atoms with Crippen molar-refractivity contribution < 1.29 is 14.3 Å². The van der Waals surface area contributed by atoms with Gasteiger partial charge >= 0.3 is 0 Å². The first-order valence-corrected chi connectivity index (χ1v) is 12.8. The van der Waals surface area contributed by atoms with Crippen molar-refractivity contribution in [3.05, 3.63) is 59.7 Å². The molecule has 3 aromatic rings. The average molecular weight is 485 g/mol. The van der Waals surface area contributed by atoms with Crippen LogP contribution in [-0.2, 0) is 0 Å². The van der Waals surface area contributed by atoms with Gasteiger partial charge in [-0.05, 0) is 66.9 Å². The molecular weight excluding hydrogens is 452 g/mol. The van der Waals surface area contributed by atoms with E-state index in [1.54, 1.807) is 7.11 Å². The summed E-state index contributed by atoms with van der Waals surface area (Å²) in [5.41, 5.74) is 3.94. The normalized spacial score (nSPS) is 19.8. The lowest BCUT2D eigenvalue weighted by molar-refractivity contribution is 0.0775. The standard InChI is InChI=1S/C29H32N4O3/c1-20-5-7-23(8-6-20)32-12-10-31(11-13-32)19-36-28-17-21-14-25-26(15-22(21)16-27(28)35-2)30-18-24-4-3-9-33(24)29(25)34/h5-8,14-18,24H,3-4,9-13,19H2,1-2H3. The molecule has 0 bridgehead atoms. The monoisotopic (exact) mass is 484 g/mol. The number of aliphatic imine (C=N–C) groups is 1. The van der Waals surface area contributed by atoms with Gasteiger partial charge in [0.2, 0.25) is 0 Å². The van der Waals surface area contributed by atoms with Gasteiger partial charge in [0.1, 0.15) is 6.73 Å². The predicted molar refractivity (Wildman–Crippen MR) is 143 cm³/mol. The van der Waals surface area contributed by atoms with Crippen LogP contribution in [0.5, 0.6) is 11.5 Å². The number of piperazine rings is 1. The molecule has 1 atom stereocenters. The van der Waals surface area contributed by atoms with Crippen molar-refractivity contribution >= 4 is 34.3 Å². The predicted octanol–water partition coefficient (Wildman–Crippen LogP) is 4.64. The van der Waals surface area contributed by atoms with E-state index in [-0.39, 0.29) is 11.9 Å². The molecule has 3 aromatic carbocycles. The topological polar surface area (TPSA) is 57.6 Å². The fourth-order valence-electron chi connectivity index (χ4n) is 5.42. The van der Waals surface area contributed by atoms with Crippen molar-refractivity contribution in [1.29, 1.82) is 0 Å². The van der Waals surface area contributed by atoms with Crippen LogP contribution >= 0.6 is 0 Å². The Kier molecular flexibility index (Phi) is 6.01. The summed E-state index contributed by atoms with van der Waals surface area (Å²) in [7, 11) is 1.66. The number of aryl methyl sites for hydroxylation is 1. The number of methoxy groups -OCH3 is 1. The first-order chi connectivity index (χ1) is 17.6. The maximum absolute atomic E-state index is 13.2. The summed E-state index contributed by atoms with van der Waals surface area (Å²) in [5, 5.41) is 1.94. The fourth-order valence-corrected chi connectivity index (χ4v) is 5.42. The molecule has 3 aliphatic rings. The first kappa shape index (κ1) is 22.9. The molecule has 0 spiro atoms. The van der Waals surface area contributed by atoms with Crippen LogP contribution in [0.4, 0.5) is 11.4 Å². The second-order valence-electron chi connectivity index (χ2n) is 9.92. The van der Waals surface area contributed by atoms with Gasteiger partial charge in [-0.15, -0.1) is 0 Å². The fraction of sp³-hybridized carbons (Fsp3) is 0.379. The van der Waals surface area contributed by atoms with Crippen LogP contribution < -0.4 is 14.4 Å². The van der Waals surface area contributed by atoms with Gasteiger partial charge in [-0.2, -0.15) is 0 Å². The van der Waals surface area contributed by atoms with Crippen LogP contribution in [0.1, 0.15) is 28.8 Å². The maximum atomic E-state index is 13.2. The van der Waals surface area contributed by atoms with Crippen molar-refractivity contribution in [2.45, 2.75) is 25.8 Å². The lowest BCUT2D eigenvalue weighted by atomic mass is 10.0. The summed E-state index contributed by atoms with van der Waals surface area (Å²) < 4.78 is 11.9. The van der Waals surface area contributed by atoms with Gasteiger partial charge in [0.25, 0.3) is 5.91 Å². The molecule has 3 aliphatic heterocycles. The third-order valence-electron chi connectivity index (χ3n) is 7.59. The molecule has 0 radical (unpaired) electrons. The SMILES string of the molecule is COc1cc2cc3c(cc2cc1OCN1CCN(c2ccc(C)cc2)CC1)C(=O)N1CCCC1C=N3. The zero-order valence-corrected chi connectivity index (χ0v) is 20.9. The molecule has 2 fully saturated rings. The van der Waals surface area contributed by atoms with E-state index in [1.165, 1.54) is 11.3 Å². The highest BCUT2D eigenvalue weighted by Crippen LogP contribution is 2.37. The largest absolute Gasteiger partial charge is 0.493 e. The minimum Gasteiger partial charge on any atom is -0.493 e. The molecule has 7 nitrogen and oxygen atoms in total. The van der Waals surface area contributed by atoms with Gasteiger partial charge in [0, 0.05) is 44.6 Å². The quantitative estimate of drug-likeness (QED) is 0.528. The zero-order chi connectivity index (χ0) is 24.6. The Hall–Kier alpha value is -3.58. The number of rotatable bonds is 5. The Balaban J connectivity index is 1.18. The van der Waals surface area contributed by atoms with E-state index in [2.05, 4.69) is 46.0 Å². The molecule has 6 rings (SSSR count). The van der Waals surface area contributed by atoms with Crippen LogP contribution in [0.15, 0.2) is 53.5 Å². The molecule has 1 unspecified atom stereocenters. The second kappa shape index (κ2) is 9.47. The summed E-state index contributed by atoms with van der Waals surface area (Å²) in [6.45, 7) is 7.20. The van der Waals surface area contributed by atoms with E-state index in [4.69, 9.17) is 9.47 Å². The molecule has 3 heterocycles. The third-order valence-corrected chi connectivity index (χ3v) is 7.59. The number of carbonyl (C=O) groups is 1. The highest BCUT2D eigenvalue weighted by Gasteiger charge is 2.32. The Labute approximate surface area is 211 Å². The van der Waals surface area contributed by atoms with Crippen molar-refractivity contribution in [2.75, 3.05) is 51.5 Å². The molecule has 0 aliphatic carbocycles. The summed E-state index contributed by atoms with van der Waals surface area (Å²) in [5.74, 6) is 1.44. The molecule has 0 saturated carbocycles. The number of hydrogen-bond donors (Lipinski definition) is 0. The van der Waals surface area contributed by atoms with Crippen molar-refractivity contribution in [1.82, 2.24) is 9.80 Å². The van der Waals surface area contributed by atoms with Gasteiger partial charge < -0.3 is 19.3 Å². The average Bonchev–Trinajstić information content (AvgIpc) is 3.34. The molecule has 186 valence electrons. The highest BCUT2D eigenvalue weighted by molar-refractivity contribution is 6.07. The summed E-state index contributed by atoms with van der Waals surface area (Å²) in [6, 6.07) is 16.7. The third kappa shape index (κ3) is 4.28. The summed E-state index contributed by atoms with van der Waals surface area (Å²) in [6.07, 6.45) is 3.93. The van der Waals surface area contributed by atoms with E-state index in [1.807, 2.05) is 35.4 Å². The minimum absolute atomic E-state index is 0.0663. The Morgan fingerprint density at radius 2 is 1.69 bits per heavy atom. The van der Waals surface area contributed by atoms with Crippen molar-refractivity contribution in [3.63, 3.8) is 0 Å². The number of nitrogens with zero attached hydrogens (tertiary/aromatic N) is 4. The van der Waals surface area contributed by atoms with Crippen molar-refractivity contribution in [3.8, 4) is 11.5 Å². The highest BCUT2D eigenvalue weighted by atomic mass is 16.5. The molecule has 0 aromatic heterocycles. The Morgan fingerprint density at radius 3 is 2.47 bits per heavy atom. The lowest BCUT2D eigenvalue weighted by Crippen LogP contribution is -2.47. The van der Waals surface area contributed by atoms with E-state index in [0.29, 0.717) is 23.8 Å². The molecule has 7 heteroatoms. The van der Waals surface area contributed by atoms with Gasteiger partial charge in [-0.25, -0.2) is 0 Å². The summed E-state index contributed by atoms with van der Waals surface area (Å²) in [4.78, 5) is 24.6.